The van der Waals surface area contributed by atoms with Gasteiger partial charge in [-0.2, -0.15) is 5.26 Å². The molecule has 1 atom stereocenters. The fraction of sp³-hybridized carbons (Fsp3) is 0.467. The molecule has 0 bridgehead atoms. The Morgan fingerprint density at radius 2 is 2.26 bits per heavy atom. The van der Waals surface area contributed by atoms with E-state index in [0.717, 1.165) is 11.3 Å². The summed E-state index contributed by atoms with van der Waals surface area (Å²) in [5.41, 5.74) is 1.83. The third-order valence-electron chi connectivity index (χ3n) is 3.29. The summed E-state index contributed by atoms with van der Waals surface area (Å²) in [6.45, 7) is 6.71. The first-order chi connectivity index (χ1) is 8.93. The third kappa shape index (κ3) is 2.94. The quantitative estimate of drug-likeness (QED) is 0.881. The van der Waals surface area contributed by atoms with Crippen LogP contribution >= 0.6 is 0 Å². The minimum absolute atomic E-state index is 0.0218. The number of carbonyl (C=O) groups excluding carboxylic acids is 1. The number of aryl methyl sites for hydroxylation is 1. The number of nitriles is 1. The molecule has 1 aliphatic heterocycles. The van der Waals surface area contributed by atoms with Crippen molar-refractivity contribution >= 4 is 11.6 Å². The molecule has 1 saturated heterocycles. The van der Waals surface area contributed by atoms with Crippen LogP contribution in [0.1, 0.15) is 25.8 Å². The molecule has 0 saturated carbocycles. The van der Waals surface area contributed by atoms with Crippen LogP contribution < -0.4 is 10.2 Å². The topological polar surface area (TPSA) is 56.1 Å². The van der Waals surface area contributed by atoms with Gasteiger partial charge in [0.2, 0.25) is 5.91 Å². The van der Waals surface area contributed by atoms with Gasteiger partial charge < -0.3 is 4.90 Å². The summed E-state index contributed by atoms with van der Waals surface area (Å²) in [6.07, 6.45) is 0.199. The second-order valence-corrected chi connectivity index (χ2v) is 5.71. The normalized spacial score (nSPS) is 22.1. The van der Waals surface area contributed by atoms with Crippen LogP contribution in [0.25, 0.3) is 0 Å². The highest BCUT2D eigenvalue weighted by molar-refractivity contribution is 5.98. The molecule has 4 heteroatoms. The third-order valence-corrected chi connectivity index (χ3v) is 3.29. The van der Waals surface area contributed by atoms with Crippen LogP contribution in [0, 0.1) is 18.3 Å². The zero-order valence-electron chi connectivity index (χ0n) is 11.6. The summed E-state index contributed by atoms with van der Waals surface area (Å²) >= 11 is 0. The Bertz CT molecular complexity index is 530. The first-order valence-corrected chi connectivity index (χ1v) is 6.46. The summed E-state index contributed by atoms with van der Waals surface area (Å²) in [4.78, 5) is 14.2. The maximum atomic E-state index is 12.4. The average Bonchev–Trinajstić information content (AvgIpc) is 2.33. The second-order valence-electron chi connectivity index (χ2n) is 5.71. The SMILES string of the molecule is Cc1cccc(N2CC(C)(C)NC(CC#N)C2=O)c1. The summed E-state index contributed by atoms with van der Waals surface area (Å²) in [7, 11) is 0. The molecule has 4 nitrogen and oxygen atoms in total. The molecule has 1 aromatic carbocycles. The fourth-order valence-corrected chi connectivity index (χ4v) is 2.48. The maximum absolute atomic E-state index is 12.4. The van der Waals surface area contributed by atoms with Gasteiger partial charge in [0.1, 0.15) is 6.04 Å². The lowest BCUT2D eigenvalue weighted by atomic mass is 9.96. The molecule has 1 fully saturated rings. The Morgan fingerprint density at radius 1 is 1.53 bits per heavy atom. The van der Waals surface area contributed by atoms with Gasteiger partial charge in [-0.1, -0.05) is 12.1 Å². The van der Waals surface area contributed by atoms with Crippen molar-refractivity contribution < 1.29 is 4.79 Å². The van der Waals surface area contributed by atoms with Gasteiger partial charge in [-0.3, -0.25) is 10.1 Å². The minimum Gasteiger partial charge on any atom is -0.309 e. The largest absolute Gasteiger partial charge is 0.309 e. The lowest BCUT2D eigenvalue weighted by molar-refractivity contribution is -0.122. The van der Waals surface area contributed by atoms with Gasteiger partial charge in [-0.05, 0) is 38.5 Å². The lowest BCUT2D eigenvalue weighted by Crippen LogP contribution is -2.65. The monoisotopic (exact) mass is 257 g/mol. The number of benzene rings is 1. The van der Waals surface area contributed by atoms with Crippen LogP contribution in [-0.4, -0.2) is 24.0 Å². The Morgan fingerprint density at radius 3 is 2.89 bits per heavy atom. The molecule has 0 aliphatic carbocycles. The number of hydrogen-bond acceptors (Lipinski definition) is 3. The Hall–Kier alpha value is -1.86. The number of rotatable bonds is 2. The van der Waals surface area contributed by atoms with Crippen molar-refractivity contribution in [1.82, 2.24) is 5.32 Å². The van der Waals surface area contributed by atoms with Gasteiger partial charge >= 0.3 is 0 Å². The minimum atomic E-state index is -0.422. The molecule has 0 aromatic heterocycles. The molecule has 1 N–H and O–H groups in total. The van der Waals surface area contributed by atoms with E-state index >= 15 is 0 Å². The van der Waals surface area contributed by atoms with E-state index in [2.05, 4.69) is 11.4 Å². The smallest absolute Gasteiger partial charge is 0.245 e. The van der Waals surface area contributed by atoms with Crippen molar-refractivity contribution in [2.24, 2.45) is 0 Å². The Balaban J connectivity index is 2.33. The fourth-order valence-electron chi connectivity index (χ4n) is 2.48. The van der Waals surface area contributed by atoms with Crippen LogP contribution in [-0.2, 0) is 4.79 Å². The predicted octanol–water partition coefficient (Wildman–Crippen LogP) is 1.99. The molecule has 1 unspecified atom stereocenters. The van der Waals surface area contributed by atoms with Crippen LogP contribution in [0.3, 0.4) is 0 Å². The molecular formula is C15H19N3O. The molecule has 1 aromatic rings. The first kappa shape index (κ1) is 13.6. The van der Waals surface area contributed by atoms with Gasteiger partial charge in [-0.15, -0.1) is 0 Å². The summed E-state index contributed by atoms with van der Waals surface area (Å²) < 4.78 is 0. The highest BCUT2D eigenvalue weighted by Gasteiger charge is 2.38. The number of amides is 1. The van der Waals surface area contributed by atoms with Crippen molar-refractivity contribution in [3.8, 4) is 6.07 Å². The number of hydrogen-bond donors (Lipinski definition) is 1. The molecule has 1 aliphatic rings. The molecule has 2 rings (SSSR count). The van der Waals surface area contributed by atoms with Gasteiger partial charge in [0.25, 0.3) is 0 Å². The number of carbonyl (C=O) groups is 1. The van der Waals surface area contributed by atoms with Crippen molar-refractivity contribution in [1.29, 1.82) is 5.26 Å². The van der Waals surface area contributed by atoms with Crippen LogP contribution in [0.5, 0.6) is 0 Å². The van der Waals surface area contributed by atoms with E-state index in [1.165, 1.54) is 0 Å². The summed E-state index contributed by atoms with van der Waals surface area (Å²) in [6, 6.07) is 9.56. The molecule has 0 radical (unpaired) electrons. The second kappa shape index (κ2) is 5.02. The highest BCUT2D eigenvalue weighted by Crippen LogP contribution is 2.24. The molecular weight excluding hydrogens is 238 g/mol. The zero-order chi connectivity index (χ0) is 14.0. The van der Waals surface area contributed by atoms with E-state index < -0.39 is 6.04 Å². The highest BCUT2D eigenvalue weighted by atomic mass is 16.2. The van der Waals surface area contributed by atoms with E-state index in [-0.39, 0.29) is 17.9 Å². The number of anilines is 1. The van der Waals surface area contributed by atoms with Crippen LogP contribution in [0.2, 0.25) is 0 Å². The number of nitrogens with zero attached hydrogens (tertiary/aromatic N) is 2. The van der Waals surface area contributed by atoms with E-state index in [1.807, 2.05) is 45.0 Å². The summed E-state index contributed by atoms with van der Waals surface area (Å²) in [5, 5.41) is 12.1. The Labute approximate surface area is 114 Å². The molecule has 1 heterocycles. The maximum Gasteiger partial charge on any atom is 0.245 e. The van der Waals surface area contributed by atoms with Gasteiger partial charge in [0.15, 0.2) is 0 Å². The molecule has 0 spiro atoms. The molecule has 1 amide bonds. The van der Waals surface area contributed by atoms with Gasteiger partial charge in [0, 0.05) is 17.8 Å². The predicted molar refractivity (Wildman–Crippen MR) is 74.8 cm³/mol. The van der Waals surface area contributed by atoms with Crippen molar-refractivity contribution in [3.05, 3.63) is 29.8 Å². The van der Waals surface area contributed by atoms with Gasteiger partial charge in [0.05, 0.1) is 12.5 Å². The van der Waals surface area contributed by atoms with Crippen molar-refractivity contribution in [3.63, 3.8) is 0 Å². The van der Waals surface area contributed by atoms with Crippen molar-refractivity contribution in [2.45, 2.75) is 38.8 Å². The average molecular weight is 257 g/mol. The summed E-state index contributed by atoms with van der Waals surface area (Å²) in [5.74, 6) is -0.0218. The first-order valence-electron chi connectivity index (χ1n) is 6.46. The lowest BCUT2D eigenvalue weighted by Gasteiger charge is -2.42. The Kier molecular flexibility index (Phi) is 3.59. The van der Waals surface area contributed by atoms with E-state index in [4.69, 9.17) is 5.26 Å². The number of nitrogens with one attached hydrogen (secondary N) is 1. The van der Waals surface area contributed by atoms with Crippen molar-refractivity contribution in [2.75, 3.05) is 11.4 Å². The zero-order valence-corrected chi connectivity index (χ0v) is 11.6. The molecule has 100 valence electrons. The van der Waals surface area contributed by atoms with E-state index in [0.29, 0.717) is 6.54 Å². The van der Waals surface area contributed by atoms with Gasteiger partial charge in [-0.25, -0.2) is 0 Å². The van der Waals surface area contributed by atoms with Crippen LogP contribution in [0.15, 0.2) is 24.3 Å². The van der Waals surface area contributed by atoms with Crippen LogP contribution in [0.4, 0.5) is 5.69 Å². The van der Waals surface area contributed by atoms with E-state index in [1.54, 1.807) is 4.90 Å². The van der Waals surface area contributed by atoms with E-state index in [9.17, 15) is 4.79 Å². The standard InChI is InChI=1S/C15H19N3O/c1-11-5-4-6-12(9-11)18-10-15(2,3)17-13(7-8-16)14(18)19/h4-6,9,13,17H,7,10H2,1-3H3. The molecule has 19 heavy (non-hydrogen) atoms. The number of piperazine rings is 1.